The van der Waals surface area contributed by atoms with E-state index in [2.05, 4.69) is 39.8 Å². The Morgan fingerprint density at radius 2 is 1.90 bits per heavy atom. The van der Waals surface area contributed by atoms with Crippen molar-refractivity contribution in [2.24, 2.45) is 5.41 Å². The molecule has 3 atom stereocenters. The van der Waals surface area contributed by atoms with Crippen molar-refractivity contribution in [1.29, 1.82) is 0 Å². The number of aromatic hydroxyl groups is 1. The highest BCUT2D eigenvalue weighted by Gasteiger charge is 2.46. The van der Waals surface area contributed by atoms with Crippen LogP contribution < -0.4 is 19.7 Å². The number of anilines is 1. The zero-order valence-corrected chi connectivity index (χ0v) is 28.5. The minimum absolute atomic E-state index is 0.00392. The van der Waals surface area contributed by atoms with E-state index in [-0.39, 0.29) is 51.5 Å². The van der Waals surface area contributed by atoms with Crippen molar-refractivity contribution in [3.63, 3.8) is 0 Å². The van der Waals surface area contributed by atoms with E-state index in [0.29, 0.717) is 59.6 Å². The molecule has 5 heterocycles. The lowest BCUT2D eigenvalue weighted by atomic mass is 9.92. The van der Waals surface area contributed by atoms with Crippen molar-refractivity contribution in [2.75, 3.05) is 57.4 Å². The molecule has 0 spiro atoms. The lowest BCUT2D eigenvalue weighted by molar-refractivity contribution is 0.0805. The summed E-state index contributed by atoms with van der Waals surface area (Å²) in [5.41, 5.74) is 0.439. The Labute approximate surface area is 290 Å². The first-order chi connectivity index (χ1) is 24.2. The topological polar surface area (TPSA) is 86.2 Å². The first-order valence-electron chi connectivity index (χ1n) is 17.9. The molecule has 4 aromatic rings. The Morgan fingerprint density at radius 1 is 1.08 bits per heavy atom. The van der Waals surface area contributed by atoms with Crippen LogP contribution in [0, 0.1) is 29.4 Å². The van der Waals surface area contributed by atoms with Crippen LogP contribution in [0.25, 0.3) is 32.8 Å². The second kappa shape index (κ2) is 11.9. The van der Waals surface area contributed by atoms with Gasteiger partial charge in [0, 0.05) is 73.8 Å². The molecule has 0 unspecified atom stereocenters. The van der Waals surface area contributed by atoms with Crippen LogP contribution in [-0.2, 0) is 0 Å². The number of fused-ring (bicyclic) bond motifs is 6. The number of ether oxygens (including phenoxy) is 2. The zero-order chi connectivity index (χ0) is 34.3. The number of piperazine rings is 2. The van der Waals surface area contributed by atoms with Gasteiger partial charge in [-0.2, -0.15) is 9.97 Å². The number of hydrogen-bond acceptors (Lipinski definition) is 9. The maximum atomic E-state index is 17.2. The molecule has 50 heavy (non-hydrogen) atoms. The quantitative estimate of drug-likeness (QED) is 0.253. The monoisotopic (exact) mass is 680 g/mol. The Bertz CT molecular complexity index is 2050. The predicted octanol–water partition coefficient (Wildman–Crippen LogP) is 5.30. The minimum atomic E-state index is -0.638. The van der Waals surface area contributed by atoms with Gasteiger partial charge in [0.15, 0.2) is 5.82 Å². The number of nitrogens with zero attached hydrogens (tertiary/aromatic N) is 5. The van der Waals surface area contributed by atoms with Crippen LogP contribution in [0.1, 0.15) is 45.1 Å². The van der Waals surface area contributed by atoms with Gasteiger partial charge in [-0.1, -0.05) is 12.0 Å². The van der Waals surface area contributed by atoms with E-state index in [1.807, 2.05) is 0 Å². The molecular weight excluding hydrogens is 638 g/mol. The van der Waals surface area contributed by atoms with Crippen LogP contribution in [0.4, 0.5) is 14.6 Å². The summed E-state index contributed by atoms with van der Waals surface area (Å²) in [6.07, 6.45) is 9.99. The third-order valence-electron chi connectivity index (χ3n) is 11.7. The summed E-state index contributed by atoms with van der Waals surface area (Å²) in [5.74, 6) is 2.14. The van der Waals surface area contributed by atoms with Gasteiger partial charge >= 0.3 is 6.01 Å². The lowest BCUT2D eigenvalue weighted by Gasteiger charge is -2.40. The summed E-state index contributed by atoms with van der Waals surface area (Å²) < 4.78 is 45.2. The normalized spacial score (nSPS) is 24.2. The standard InChI is InChI=1S/C39H42F2N6O3/c1-4-26-29(40)7-5-23-15-25(48)16-27(33(23)26)28-17-32-34-36(35(28)41)43-38(44-37(34)47-18-24-6-8-30(42-24)31(47)19-49-32)50-21-39(9-10-39)20-45-11-13-46(14-12-45)22(2)3/h1,5,7,15-17,22,24,30-31,42,48H,6,8-14,18-21H2,2-3H3/t24-,30+,31-/m1/s1. The van der Waals surface area contributed by atoms with Gasteiger partial charge in [-0.05, 0) is 74.7 Å². The smallest absolute Gasteiger partial charge is 0.319 e. The van der Waals surface area contributed by atoms with Crippen LogP contribution in [0.5, 0.6) is 17.5 Å². The Hall–Kier alpha value is -4.24. The van der Waals surface area contributed by atoms with Gasteiger partial charge in [-0.15, -0.1) is 6.42 Å². The van der Waals surface area contributed by atoms with Crippen molar-refractivity contribution < 1.29 is 23.4 Å². The first kappa shape index (κ1) is 31.7. The number of benzene rings is 3. The van der Waals surface area contributed by atoms with Crippen LogP contribution in [-0.4, -0.2) is 102 Å². The molecule has 0 amide bonds. The van der Waals surface area contributed by atoms with Gasteiger partial charge in [-0.25, -0.2) is 8.78 Å². The van der Waals surface area contributed by atoms with E-state index in [1.165, 1.54) is 24.3 Å². The maximum Gasteiger partial charge on any atom is 0.319 e. The Balaban J connectivity index is 1.13. The predicted molar refractivity (Wildman–Crippen MR) is 189 cm³/mol. The highest BCUT2D eigenvalue weighted by Crippen LogP contribution is 2.48. The molecule has 3 saturated heterocycles. The van der Waals surface area contributed by atoms with E-state index < -0.39 is 11.6 Å². The molecule has 2 bridgehead atoms. The molecule has 2 N–H and O–H groups in total. The van der Waals surface area contributed by atoms with Crippen LogP contribution in [0.2, 0.25) is 0 Å². The van der Waals surface area contributed by atoms with Crippen molar-refractivity contribution in [3.8, 4) is 41.0 Å². The van der Waals surface area contributed by atoms with E-state index in [4.69, 9.17) is 25.9 Å². The summed E-state index contributed by atoms with van der Waals surface area (Å²) in [6, 6.07) is 8.50. The van der Waals surface area contributed by atoms with Crippen molar-refractivity contribution >= 4 is 27.5 Å². The zero-order valence-electron chi connectivity index (χ0n) is 28.5. The fourth-order valence-electron chi connectivity index (χ4n) is 8.74. The fourth-order valence-corrected chi connectivity index (χ4v) is 8.74. The van der Waals surface area contributed by atoms with E-state index in [0.717, 1.165) is 58.4 Å². The molecule has 1 aromatic heterocycles. The molecule has 4 aliphatic heterocycles. The second-order valence-electron chi connectivity index (χ2n) is 15.2. The van der Waals surface area contributed by atoms with Crippen LogP contribution in [0.15, 0.2) is 30.3 Å². The molecule has 0 radical (unpaired) electrons. The molecule has 9 rings (SSSR count). The van der Waals surface area contributed by atoms with Gasteiger partial charge in [0.25, 0.3) is 0 Å². The molecule has 1 aliphatic carbocycles. The van der Waals surface area contributed by atoms with Crippen molar-refractivity contribution in [1.82, 2.24) is 25.1 Å². The molecule has 260 valence electrons. The highest BCUT2D eigenvalue weighted by molar-refractivity contribution is 6.06. The molecule has 9 nitrogen and oxygen atoms in total. The summed E-state index contributed by atoms with van der Waals surface area (Å²) in [6.45, 7) is 11.2. The maximum absolute atomic E-state index is 17.2. The molecule has 11 heteroatoms. The average molecular weight is 681 g/mol. The SMILES string of the molecule is C#Cc1c(F)ccc2cc(O)cc(-c3cc4c5c(nc(OCC6(CN7CCN(C(C)C)CC7)CC6)nc5c3F)N3C[C@H]5CC[C@H](N5)[C@H]3CO4)c12. The van der Waals surface area contributed by atoms with Crippen LogP contribution in [0.3, 0.4) is 0 Å². The summed E-state index contributed by atoms with van der Waals surface area (Å²) in [7, 11) is 0. The number of hydrogen-bond donors (Lipinski definition) is 2. The molecule has 1 saturated carbocycles. The number of rotatable bonds is 7. The third-order valence-corrected chi connectivity index (χ3v) is 11.7. The molecule has 4 fully saturated rings. The summed E-state index contributed by atoms with van der Waals surface area (Å²) >= 11 is 0. The number of phenolic OH excluding ortho intramolecular Hbond substituents is 1. The number of aromatic nitrogens is 2. The van der Waals surface area contributed by atoms with Gasteiger partial charge in [0.2, 0.25) is 0 Å². The fraction of sp³-hybridized carbons (Fsp3) is 0.487. The van der Waals surface area contributed by atoms with Crippen molar-refractivity contribution in [3.05, 3.63) is 47.5 Å². The largest absolute Gasteiger partial charge is 0.508 e. The van der Waals surface area contributed by atoms with Gasteiger partial charge in [-0.3, -0.25) is 4.90 Å². The number of halogens is 2. The Morgan fingerprint density at radius 3 is 2.66 bits per heavy atom. The average Bonchev–Trinajstić information content (AvgIpc) is 3.80. The van der Waals surface area contributed by atoms with E-state index in [9.17, 15) is 5.11 Å². The molecule has 5 aliphatic rings. The van der Waals surface area contributed by atoms with Gasteiger partial charge in [0.05, 0.1) is 23.6 Å². The second-order valence-corrected chi connectivity index (χ2v) is 15.2. The minimum Gasteiger partial charge on any atom is -0.508 e. The van der Waals surface area contributed by atoms with E-state index >= 15 is 8.78 Å². The van der Waals surface area contributed by atoms with E-state index in [1.54, 1.807) is 6.07 Å². The number of phenols is 1. The first-order valence-corrected chi connectivity index (χ1v) is 17.9. The number of nitrogens with one attached hydrogen (secondary N) is 1. The van der Waals surface area contributed by atoms with Gasteiger partial charge < -0.3 is 29.7 Å². The van der Waals surface area contributed by atoms with Crippen LogP contribution >= 0.6 is 0 Å². The van der Waals surface area contributed by atoms with Gasteiger partial charge in [0.1, 0.15) is 35.3 Å². The number of terminal acetylenes is 1. The summed E-state index contributed by atoms with van der Waals surface area (Å²) in [5, 5.41) is 15.8. The summed E-state index contributed by atoms with van der Waals surface area (Å²) in [4.78, 5) is 17.1. The molecule has 3 aromatic carbocycles. The lowest BCUT2D eigenvalue weighted by Crippen LogP contribution is -2.60. The third kappa shape index (κ3) is 5.31. The van der Waals surface area contributed by atoms with Crippen molar-refractivity contribution in [2.45, 2.75) is 63.7 Å². The molecular formula is C39H42F2N6O3. The highest BCUT2D eigenvalue weighted by atomic mass is 19.1. The Kier molecular flexibility index (Phi) is 7.57.